The Hall–Kier alpha value is -0.140. The van der Waals surface area contributed by atoms with Gasteiger partial charge in [-0.25, -0.2) is 8.42 Å². The Kier molecular flexibility index (Phi) is 7.98. The minimum atomic E-state index is -3.43. The van der Waals surface area contributed by atoms with Crippen LogP contribution in [-0.4, -0.2) is 43.6 Å². The molecular formula is C10H20BrNO4S. The van der Waals surface area contributed by atoms with Crippen LogP contribution in [0.3, 0.4) is 0 Å². The van der Waals surface area contributed by atoms with Gasteiger partial charge in [0.1, 0.15) is 11.2 Å². The molecule has 0 aliphatic carbocycles. The Morgan fingerprint density at radius 2 is 1.88 bits per heavy atom. The van der Waals surface area contributed by atoms with Crippen molar-refractivity contribution in [3.8, 4) is 0 Å². The molecule has 17 heavy (non-hydrogen) atoms. The Bertz CT molecular complexity index is 327. The Morgan fingerprint density at radius 3 is 2.24 bits per heavy atom. The molecular weight excluding hydrogens is 310 g/mol. The monoisotopic (exact) mass is 329 g/mol. The maximum atomic E-state index is 11.8. The Morgan fingerprint density at radius 1 is 1.35 bits per heavy atom. The quantitative estimate of drug-likeness (QED) is 0.501. The number of hydrogen-bond donors (Lipinski definition) is 0. The summed E-state index contributed by atoms with van der Waals surface area (Å²) in [6.07, 6.45) is 1.76. The molecule has 0 atom stereocenters. The highest BCUT2D eigenvalue weighted by atomic mass is 79.9. The predicted octanol–water partition coefficient (Wildman–Crippen LogP) is 1.58. The summed E-state index contributed by atoms with van der Waals surface area (Å²) in [5.41, 5.74) is 0. The molecule has 0 amide bonds. The summed E-state index contributed by atoms with van der Waals surface area (Å²) in [5, 5.41) is 0. The van der Waals surface area contributed by atoms with Crippen molar-refractivity contribution < 1.29 is 17.9 Å². The van der Waals surface area contributed by atoms with Gasteiger partial charge in [0.2, 0.25) is 10.0 Å². The summed E-state index contributed by atoms with van der Waals surface area (Å²) < 4.78 is 29.1. The van der Waals surface area contributed by atoms with Crippen LogP contribution in [0.1, 0.15) is 26.7 Å². The topological polar surface area (TPSA) is 63.7 Å². The molecule has 0 spiro atoms. The molecule has 0 rings (SSSR count). The highest BCUT2D eigenvalue weighted by Crippen LogP contribution is 2.14. The van der Waals surface area contributed by atoms with Crippen molar-refractivity contribution in [1.82, 2.24) is 4.31 Å². The summed E-state index contributed by atoms with van der Waals surface area (Å²) in [4.78, 5) is 11.2. The number of halogens is 1. The SMILES string of the molecule is CCC(CC)CN(CC(=O)OC)S(=O)(=O)CBr. The van der Waals surface area contributed by atoms with Crippen molar-refractivity contribution in [3.63, 3.8) is 0 Å². The predicted molar refractivity (Wildman–Crippen MR) is 70.4 cm³/mol. The number of sulfonamides is 1. The van der Waals surface area contributed by atoms with E-state index in [0.29, 0.717) is 6.54 Å². The van der Waals surface area contributed by atoms with Crippen LogP contribution in [0.2, 0.25) is 0 Å². The molecule has 0 heterocycles. The van der Waals surface area contributed by atoms with Crippen LogP contribution in [-0.2, 0) is 19.6 Å². The van der Waals surface area contributed by atoms with Crippen LogP contribution in [0.15, 0.2) is 0 Å². The fraction of sp³-hybridized carbons (Fsp3) is 0.900. The fourth-order valence-corrected chi connectivity index (χ4v) is 3.14. The van der Waals surface area contributed by atoms with E-state index in [1.807, 2.05) is 13.8 Å². The van der Waals surface area contributed by atoms with E-state index in [1.165, 1.54) is 11.4 Å². The average Bonchev–Trinajstić information content (AvgIpc) is 2.33. The van der Waals surface area contributed by atoms with Gasteiger partial charge < -0.3 is 4.74 Å². The zero-order chi connectivity index (χ0) is 13.5. The first-order chi connectivity index (χ1) is 7.91. The number of alkyl halides is 1. The minimum Gasteiger partial charge on any atom is -0.468 e. The van der Waals surface area contributed by atoms with E-state index < -0.39 is 16.0 Å². The second-order valence-corrected chi connectivity index (χ2v) is 7.04. The molecule has 0 radical (unpaired) electrons. The highest BCUT2D eigenvalue weighted by Gasteiger charge is 2.25. The van der Waals surface area contributed by atoms with Gasteiger partial charge >= 0.3 is 5.97 Å². The summed E-state index contributed by atoms with van der Waals surface area (Å²) in [7, 11) is -2.18. The third kappa shape index (κ3) is 5.83. The maximum absolute atomic E-state index is 11.8. The lowest BCUT2D eigenvalue weighted by Gasteiger charge is -2.24. The van der Waals surface area contributed by atoms with Crippen molar-refractivity contribution in [2.75, 3.05) is 24.9 Å². The molecule has 0 aromatic rings. The molecule has 5 nitrogen and oxygen atoms in total. The molecule has 102 valence electrons. The lowest BCUT2D eigenvalue weighted by Crippen LogP contribution is -2.39. The summed E-state index contributed by atoms with van der Waals surface area (Å²) in [6.45, 7) is 4.15. The number of rotatable bonds is 8. The number of hydrogen-bond acceptors (Lipinski definition) is 4. The van der Waals surface area contributed by atoms with Gasteiger partial charge in [-0.05, 0) is 5.92 Å². The van der Waals surface area contributed by atoms with Crippen molar-refractivity contribution in [3.05, 3.63) is 0 Å². The summed E-state index contributed by atoms with van der Waals surface area (Å²) in [6, 6.07) is 0. The summed E-state index contributed by atoms with van der Waals surface area (Å²) in [5.74, 6) is -0.283. The molecule has 0 unspecified atom stereocenters. The maximum Gasteiger partial charge on any atom is 0.321 e. The van der Waals surface area contributed by atoms with E-state index in [9.17, 15) is 13.2 Å². The molecule has 0 aromatic carbocycles. The van der Waals surface area contributed by atoms with Gasteiger partial charge in [-0.15, -0.1) is 0 Å². The van der Waals surface area contributed by atoms with Crippen LogP contribution >= 0.6 is 15.9 Å². The number of carbonyl (C=O) groups excluding carboxylic acids is 1. The highest BCUT2D eigenvalue weighted by molar-refractivity contribution is 9.10. The lowest BCUT2D eigenvalue weighted by molar-refractivity contribution is -0.140. The van der Waals surface area contributed by atoms with Crippen molar-refractivity contribution >= 4 is 31.9 Å². The Labute approximate surface area is 112 Å². The van der Waals surface area contributed by atoms with Gasteiger partial charge in [-0.1, -0.05) is 42.6 Å². The standard InChI is InChI=1S/C10H20BrNO4S/c1-4-9(5-2)6-12(7-10(13)16-3)17(14,15)8-11/h9H,4-8H2,1-3H3. The number of carbonyl (C=O) groups is 1. The van der Waals surface area contributed by atoms with Crippen molar-refractivity contribution in [2.45, 2.75) is 26.7 Å². The van der Waals surface area contributed by atoms with Gasteiger partial charge in [-0.2, -0.15) is 4.31 Å². The van der Waals surface area contributed by atoms with Gasteiger partial charge in [0.05, 0.1) is 7.11 Å². The van der Waals surface area contributed by atoms with Gasteiger partial charge in [0.25, 0.3) is 0 Å². The van der Waals surface area contributed by atoms with Crippen LogP contribution < -0.4 is 0 Å². The Balaban J connectivity index is 4.80. The second-order valence-electron chi connectivity index (χ2n) is 3.77. The minimum absolute atomic E-state index is 0.183. The number of methoxy groups -OCH3 is 1. The zero-order valence-corrected chi connectivity index (χ0v) is 12.9. The first kappa shape index (κ1) is 16.9. The zero-order valence-electron chi connectivity index (χ0n) is 10.5. The molecule has 0 aliphatic rings. The molecule has 0 aromatic heterocycles. The third-order valence-corrected chi connectivity index (χ3v) is 5.76. The van der Waals surface area contributed by atoms with Crippen LogP contribution in [0.5, 0.6) is 0 Å². The first-order valence-electron chi connectivity index (χ1n) is 5.51. The van der Waals surface area contributed by atoms with Gasteiger partial charge in [-0.3, -0.25) is 4.79 Å². The van der Waals surface area contributed by atoms with Crippen molar-refractivity contribution in [1.29, 1.82) is 0 Å². The number of esters is 1. The molecule has 0 saturated carbocycles. The van der Waals surface area contributed by atoms with Crippen LogP contribution in [0, 0.1) is 5.92 Å². The smallest absolute Gasteiger partial charge is 0.321 e. The largest absolute Gasteiger partial charge is 0.468 e. The van der Waals surface area contributed by atoms with Crippen molar-refractivity contribution in [2.24, 2.45) is 5.92 Å². The average molecular weight is 330 g/mol. The molecule has 0 fully saturated rings. The van der Waals surface area contributed by atoms with E-state index in [-0.39, 0.29) is 17.1 Å². The van der Waals surface area contributed by atoms with E-state index in [2.05, 4.69) is 20.7 Å². The normalized spacial score (nSPS) is 12.1. The number of ether oxygens (including phenoxy) is 1. The fourth-order valence-electron chi connectivity index (χ4n) is 1.39. The molecule has 0 N–H and O–H groups in total. The van der Waals surface area contributed by atoms with Crippen LogP contribution in [0.25, 0.3) is 0 Å². The molecule has 0 aliphatic heterocycles. The first-order valence-corrected chi connectivity index (χ1v) is 8.24. The second kappa shape index (κ2) is 8.05. The lowest BCUT2D eigenvalue weighted by atomic mass is 10.0. The van der Waals surface area contributed by atoms with E-state index >= 15 is 0 Å². The van der Waals surface area contributed by atoms with Crippen LogP contribution in [0.4, 0.5) is 0 Å². The molecule has 0 saturated heterocycles. The van der Waals surface area contributed by atoms with E-state index in [1.54, 1.807) is 0 Å². The third-order valence-electron chi connectivity index (χ3n) is 2.68. The summed E-state index contributed by atoms with van der Waals surface area (Å²) >= 11 is 2.94. The van der Waals surface area contributed by atoms with E-state index in [4.69, 9.17) is 0 Å². The molecule has 7 heteroatoms. The van der Waals surface area contributed by atoms with Gasteiger partial charge in [0.15, 0.2) is 0 Å². The van der Waals surface area contributed by atoms with E-state index in [0.717, 1.165) is 12.8 Å². The molecule has 0 bridgehead atoms. The number of nitrogens with zero attached hydrogens (tertiary/aromatic N) is 1. The van der Waals surface area contributed by atoms with Gasteiger partial charge in [0, 0.05) is 6.54 Å².